The Bertz CT molecular complexity index is 1190. The molecule has 0 fully saturated rings. The van der Waals surface area contributed by atoms with Gasteiger partial charge in [-0.1, -0.05) is 17.7 Å². The van der Waals surface area contributed by atoms with E-state index in [1.165, 1.54) is 10.6 Å². The minimum atomic E-state index is -0.208. The van der Waals surface area contributed by atoms with E-state index in [4.69, 9.17) is 16.3 Å². The van der Waals surface area contributed by atoms with Crippen molar-refractivity contribution in [3.8, 4) is 11.4 Å². The minimum Gasteiger partial charge on any atom is -0.487 e. The Morgan fingerprint density at radius 2 is 1.89 bits per heavy atom. The summed E-state index contributed by atoms with van der Waals surface area (Å²) < 4.78 is 7.18. The van der Waals surface area contributed by atoms with Crippen molar-refractivity contribution in [1.82, 2.24) is 14.5 Å². The number of nitrogens with zero attached hydrogens (tertiary/aromatic N) is 3. The summed E-state index contributed by atoms with van der Waals surface area (Å²) in [7, 11) is 0. The maximum Gasteiger partial charge on any atom is 0.258 e. The molecule has 0 bridgehead atoms. The summed E-state index contributed by atoms with van der Waals surface area (Å²) in [4.78, 5) is 21.0. The van der Waals surface area contributed by atoms with Gasteiger partial charge in [-0.2, -0.15) is 0 Å². The summed E-state index contributed by atoms with van der Waals surface area (Å²) in [6.45, 7) is 0.139. The van der Waals surface area contributed by atoms with Gasteiger partial charge in [-0.25, -0.2) is 0 Å². The van der Waals surface area contributed by atoms with Gasteiger partial charge in [0.25, 0.3) is 5.56 Å². The Kier molecular flexibility index (Phi) is 5.06. The Balaban J connectivity index is 1.56. The lowest BCUT2D eigenvalue weighted by Gasteiger charge is -2.10. The van der Waals surface area contributed by atoms with Crippen LogP contribution in [0.2, 0.25) is 5.02 Å². The number of hydrogen-bond donors (Lipinski definition) is 1. The van der Waals surface area contributed by atoms with E-state index < -0.39 is 0 Å². The second-order valence-corrected chi connectivity index (χ2v) is 6.60. The van der Waals surface area contributed by atoms with Crippen LogP contribution < -0.4 is 10.3 Å². The van der Waals surface area contributed by atoms with Crippen molar-refractivity contribution in [3.63, 3.8) is 0 Å². The van der Waals surface area contributed by atoms with Crippen molar-refractivity contribution in [1.29, 1.82) is 0 Å². The van der Waals surface area contributed by atoms with Crippen LogP contribution in [0.3, 0.4) is 0 Å². The van der Waals surface area contributed by atoms with Crippen LogP contribution in [-0.4, -0.2) is 19.6 Å². The molecule has 3 heterocycles. The molecule has 7 heteroatoms. The second kappa shape index (κ2) is 7.80. The number of pyridine rings is 3. The van der Waals surface area contributed by atoms with Crippen molar-refractivity contribution in [2.24, 2.45) is 0 Å². The summed E-state index contributed by atoms with van der Waals surface area (Å²) >= 11 is 5.81. The van der Waals surface area contributed by atoms with Gasteiger partial charge in [-0.05, 0) is 42.5 Å². The molecule has 1 aromatic carbocycles. The first kappa shape index (κ1) is 18.2. The van der Waals surface area contributed by atoms with E-state index in [-0.39, 0.29) is 18.8 Å². The van der Waals surface area contributed by atoms with Crippen LogP contribution in [0.25, 0.3) is 16.6 Å². The number of halogens is 1. The molecule has 0 radical (unpaired) electrons. The van der Waals surface area contributed by atoms with E-state index in [0.29, 0.717) is 16.5 Å². The van der Waals surface area contributed by atoms with Crippen LogP contribution >= 0.6 is 11.6 Å². The fraction of sp³-hybridized carbons (Fsp3) is 0.0952. The third kappa shape index (κ3) is 3.88. The third-order valence-electron chi connectivity index (χ3n) is 4.24. The Hall–Kier alpha value is -3.22. The van der Waals surface area contributed by atoms with Gasteiger partial charge in [-0.3, -0.25) is 19.3 Å². The van der Waals surface area contributed by atoms with Crippen LogP contribution in [0.5, 0.6) is 5.75 Å². The molecule has 0 spiro atoms. The van der Waals surface area contributed by atoms with E-state index in [0.717, 1.165) is 22.3 Å². The van der Waals surface area contributed by atoms with E-state index in [1.807, 2.05) is 24.3 Å². The van der Waals surface area contributed by atoms with Gasteiger partial charge >= 0.3 is 0 Å². The molecular weight excluding hydrogens is 378 g/mol. The average Bonchev–Trinajstić information content (AvgIpc) is 2.72. The van der Waals surface area contributed by atoms with E-state index in [2.05, 4.69) is 9.97 Å². The number of aliphatic hydroxyl groups excluding tert-OH is 1. The minimum absolute atomic E-state index is 0.107. The van der Waals surface area contributed by atoms with E-state index >= 15 is 0 Å². The zero-order chi connectivity index (χ0) is 19.5. The highest BCUT2D eigenvalue weighted by Crippen LogP contribution is 2.18. The Morgan fingerprint density at radius 3 is 2.64 bits per heavy atom. The number of hydrogen-bond acceptors (Lipinski definition) is 5. The SMILES string of the molecule is O=c1cc(OCc2ccc(Cl)cn2)ccn1-c1ccc2nc(CO)ccc2c1. The smallest absolute Gasteiger partial charge is 0.258 e. The van der Waals surface area contributed by atoms with Crippen molar-refractivity contribution in [2.75, 3.05) is 0 Å². The number of aromatic nitrogens is 3. The first-order valence-electron chi connectivity index (χ1n) is 8.59. The zero-order valence-electron chi connectivity index (χ0n) is 14.7. The molecule has 3 aromatic heterocycles. The molecule has 4 rings (SSSR count). The lowest BCUT2D eigenvalue weighted by atomic mass is 10.2. The van der Waals surface area contributed by atoms with Crippen LogP contribution in [0, 0.1) is 0 Å². The van der Waals surface area contributed by atoms with Gasteiger partial charge in [0.2, 0.25) is 0 Å². The molecule has 0 amide bonds. The molecule has 0 atom stereocenters. The lowest BCUT2D eigenvalue weighted by Crippen LogP contribution is -2.16. The lowest BCUT2D eigenvalue weighted by molar-refractivity contribution is 0.277. The number of benzene rings is 1. The molecule has 0 unspecified atom stereocenters. The molecule has 0 aliphatic rings. The van der Waals surface area contributed by atoms with Gasteiger partial charge in [0.05, 0.1) is 28.5 Å². The van der Waals surface area contributed by atoms with Gasteiger partial charge in [0.1, 0.15) is 12.4 Å². The molecule has 0 aliphatic carbocycles. The number of ether oxygens (including phenoxy) is 1. The van der Waals surface area contributed by atoms with Crippen LogP contribution in [0.1, 0.15) is 11.4 Å². The number of fused-ring (bicyclic) bond motifs is 1. The van der Waals surface area contributed by atoms with Gasteiger partial charge in [0, 0.05) is 29.5 Å². The molecule has 0 saturated carbocycles. The van der Waals surface area contributed by atoms with Crippen molar-refractivity contribution < 1.29 is 9.84 Å². The maximum atomic E-state index is 12.5. The Morgan fingerprint density at radius 1 is 1.04 bits per heavy atom. The first-order valence-corrected chi connectivity index (χ1v) is 8.97. The number of aliphatic hydroxyl groups is 1. The van der Waals surface area contributed by atoms with Crippen molar-refractivity contribution in [3.05, 3.63) is 93.8 Å². The van der Waals surface area contributed by atoms with Crippen molar-refractivity contribution in [2.45, 2.75) is 13.2 Å². The summed E-state index contributed by atoms with van der Waals surface area (Å²) in [5.74, 6) is 0.466. The zero-order valence-corrected chi connectivity index (χ0v) is 15.5. The van der Waals surface area contributed by atoms with Gasteiger partial charge < -0.3 is 9.84 Å². The summed E-state index contributed by atoms with van der Waals surface area (Å²) in [5.41, 5.74) is 2.61. The summed E-state index contributed by atoms with van der Waals surface area (Å²) in [5, 5.41) is 10.6. The van der Waals surface area contributed by atoms with E-state index in [1.54, 1.807) is 36.7 Å². The molecule has 140 valence electrons. The predicted molar refractivity (Wildman–Crippen MR) is 107 cm³/mol. The van der Waals surface area contributed by atoms with Crippen molar-refractivity contribution >= 4 is 22.5 Å². The Labute approximate surface area is 165 Å². The molecule has 28 heavy (non-hydrogen) atoms. The molecular formula is C21H16ClN3O3. The normalized spacial score (nSPS) is 10.9. The first-order chi connectivity index (χ1) is 13.6. The fourth-order valence-electron chi connectivity index (χ4n) is 2.81. The predicted octanol–water partition coefficient (Wildman–Crippen LogP) is 3.51. The standard InChI is InChI=1S/C21H16ClN3O3/c22-15-2-4-17(23-11-15)13-28-19-7-8-25(21(27)10-19)18-5-6-20-14(9-18)1-3-16(12-26)24-20/h1-11,26H,12-13H2. The van der Waals surface area contributed by atoms with E-state index in [9.17, 15) is 9.90 Å². The largest absolute Gasteiger partial charge is 0.487 e. The van der Waals surface area contributed by atoms with Gasteiger partial charge in [-0.15, -0.1) is 0 Å². The maximum absolute atomic E-state index is 12.5. The summed E-state index contributed by atoms with van der Waals surface area (Å²) in [6, 6.07) is 15.8. The highest BCUT2D eigenvalue weighted by molar-refractivity contribution is 6.30. The summed E-state index contributed by atoms with van der Waals surface area (Å²) in [6.07, 6.45) is 3.22. The second-order valence-electron chi connectivity index (χ2n) is 6.16. The highest BCUT2D eigenvalue weighted by atomic mass is 35.5. The quantitative estimate of drug-likeness (QED) is 0.561. The van der Waals surface area contributed by atoms with Crippen LogP contribution in [0.15, 0.2) is 71.8 Å². The topological polar surface area (TPSA) is 77.2 Å². The molecule has 6 nitrogen and oxygen atoms in total. The highest BCUT2D eigenvalue weighted by Gasteiger charge is 2.05. The fourth-order valence-corrected chi connectivity index (χ4v) is 2.92. The third-order valence-corrected chi connectivity index (χ3v) is 4.46. The molecule has 0 aliphatic heterocycles. The monoisotopic (exact) mass is 393 g/mol. The number of rotatable bonds is 5. The molecule has 1 N–H and O–H groups in total. The van der Waals surface area contributed by atoms with Crippen LogP contribution in [-0.2, 0) is 13.2 Å². The average molecular weight is 394 g/mol. The van der Waals surface area contributed by atoms with Crippen LogP contribution in [0.4, 0.5) is 0 Å². The molecule has 0 saturated heterocycles. The van der Waals surface area contributed by atoms with Gasteiger partial charge in [0.15, 0.2) is 0 Å². The molecule has 4 aromatic rings.